The van der Waals surface area contributed by atoms with E-state index in [0.717, 1.165) is 16.5 Å². The minimum atomic E-state index is -0.784. The maximum absolute atomic E-state index is 12.1. The first-order valence-corrected chi connectivity index (χ1v) is 6.85. The van der Waals surface area contributed by atoms with Crippen LogP contribution in [0.25, 0.3) is 10.9 Å². The lowest BCUT2D eigenvalue weighted by Crippen LogP contribution is -2.23. The maximum atomic E-state index is 12.1. The summed E-state index contributed by atoms with van der Waals surface area (Å²) in [6.07, 6.45) is 2.20. The van der Waals surface area contributed by atoms with Crippen molar-refractivity contribution in [1.29, 1.82) is 5.26 Å². The van der Waals surface area contributed by atoms with E-state index in [1.807, 2.05) is 36.5 Å². The van der Waals surface area contributed by atoms with Gasteiger partial charge < -0.3 is 14.8 Å². The average molecular weight is 294 g/mol. The van der Waals surface area contributed by atoms with E-state index in [2.05, 4.69) is 15.5 Å². The Morgan fingerprint density at radius 2 is 2.32 bits per heavy atom. The molecule has 0 bridgehead atoms. The number of carbonyl (C=O) groups is 1. The Morgan fingerprint density at radius 3 is 3.05 bits per heavy atom. The molecule has 1 amide bonds. The van der Waals surface area contributed by atoms with Gasteiger partial charge in [-0.15, -0.1) is 0 Å². The standard InChI is InChI=1S/C16H14N4O2/c1-10-6-15(20-22-10)19-16(21)13(9-17)8-11-2-3-14-12(7-11)4-5-18-14/h2-7,13,18H,8H2,1H3,(H,19,20,21). The number of rotatable bonds is 4. The van der Waals surface area contributed by atoms with E-state index in [1.165, 1.54) is 0 Å². The molecule has 0 aliphatic carbocycles. The molecule has 0 spiro atoms. The SMILES string of the molecule is Cc1cc(NC(=O)C(C#N)Cc2ccc3[nH]ccc3c2)no1. The third kappa shape index (κ3) is 2.83. The van der Waals surface area contributed by atoms with Gasteiger partial charge in [-0.3, -0.25) is 4.79 Å². The van der Waals surface area contributed by atoms with Gasteiger partial charge in [-0.05, 0) is 42.5 Å². The van der Waals surface area contributed by atoms with Crippen LogP contribution in [-0.4, -0.2) is 16.0 Å². The number of amides is 1. The third-order valence-corrected chi connectivity index (χ3v) is 3.41. The number of fused-ring (bicyclic) bond motifs is 1. The van der Waals surface area contributed by atoms with Gasteiger partial charge in [0.25, 0.3) is 0 Å². The summed E-state index contributed by atoms with van der Waals surface area (Å²) in [6, 6.07) is 11.4. The predicted octanol–water partition coefficient (Wildman–Crippen LogP) is 2.79. The molecular formula is C16H14N4O2. The van der Waals surface area contributed by atoms with Gasteiger partial charge in [0.2, 0.25) is 5.91 Å². The van der Waals surface area contributed by atoms with Crippen molar-refractivity contribution in [2.45, 2.75) is 13.3 Å². The summed E-state index contributed by atoms with van der Waals surface area (Å²) < 4.78 is 4.89. The molecule has 0 fully saturated rings. The number of H-pyrrole nitrogens is 1. The molecule has 22 heavy (non-hydrogen) atoms. The van der Waals surface area contributed by atoms with Crippen LogP contribution in [0.15, 0.2) is 41.1 Å². The van der Waals surface area contributed by atoms with Crippen molar-refractivity contribution in [2.24, 2.45) is 5.92 Å². The van der Waals surface area contributed by atoms with E-state index < -0.39 is 5.92 Å². The van der Waals surface area contributed by atoms with Crippen LogP contribution in [0, 0.1) is 24.2 Å². The smallest absolute Gasteiger partial charge is 0.243 e. The van der Waals surface area contributed by atoms with Gasteiger partial charge in [0, 0.05) is 17.8 Å². The highest BCUT2D eigenvalue weighted by molar-refractivity contribution is 5.93. The van der Waals surface area contributed by atoms with Gasteiger partial charge in [-0.25, -0.2) is 0 Å². The second kappa shape index (κ2) is 5.74. The fraction of sp³-hybridized carbons (Fsp3) is 0.188. The molecule has 3 aromatic rings. The Morgan fingerprint density at radius 1 is 1.45 bits per heavy atom. The minimum Gasteiger partial charge on any atom is -0.361 e. The molecule has 2 heterocycles. The molecule has 2 aromatic heterocycles. The van der Waals surface area contributed by atoms with E-state index in [9.17, 15) is 10.1 Å². The first-order chi connectivity index (χ1) is 10.7. The van der Waals surface area contributed by atoms with Crippen molar-refractivity contribution in [1.82, 2.24) is 10.1 Å². The van der Waals surface area contributed by atoms with Crippen LogP contribution in [0.1, 0.15) is 11.3 Å². The van der Waals surface area contributed by atoms with Crippen LogP contribution in [0.2, 0.25) is 0 Å². The van der Waals surface area contributed by atoms with Crippen molar-refractivity contribution in [3.05, 3.63) is 47.9 Å². The Kier molecular flexibility index (Phi) is 3.62. The molecule has 1 aromatic carbocycles. The summed E-state index contributed by atoms with van der Waals surface area (Å²) >= 11 is 0. The second-order valence-electron chi connectivity index (χ2n) is 5.10. The van der Waals surface area contributed by atoms with Gasteiger partial charge in [0.1, 0.15) is 11.7 Å². The van der Waals surface area contributed by atoms with Gasteiger partial charge in [0.05, 0.1) is 6.07 Å². The zero-order valence-electron chi connectivity index (χ0n) is 12.0. The highest BCUT2D eigenvalue weighted by Gasteiger charge is 2.20. The molecule has 0 saturated heterocycles. The van der Waals surface area contributed by atoms with Crippen molar-refractivity contribution < 1.29 is 9.32 Å². The number of aromatic nitrogens is 2. The summed E-state index contributed by atoms with van der Waals surface area (Å²) in [7, 11) is 0. The first kappa shape index (κ1) is 13.9. The fourth-order valence-corrected chi connectivity index (χ4v) is 2.30. The molecule has 0 radical (unpaired) electrons. The van der Waals surface area contributed by atoms with Gasteiger partial charge >= 0.3 is 0 Å². The van der Waals surface area contributed by atoms with Crippen LogP contribution < -0.4 is 5.32 Å². The summed E-state index contributed by atoms with van der Waals surface area (Å²) in [5.74, 6) is -0.246. The van der Waals surface area contributed by atoms with Crippen molar-refractivity contribution in [3.8, 4) is 6.07 Å². The zero-order chi connectivity index (χ0) is 15.5. The lowest BCUT2D eigenvalue weighted by molar-refractivity contribution is -0.118. The Bertz CT molecular complexity index is 856. The average Bonchev–Trinajstić information content (AvgIpc) is 3.12. The lowest BCUT2D eigenvalue weighted by Gasteiger charge is -2.08. The molecule has 6 heteroatoms. The number of nitrogens with zero attached hydrogens (tertiary/aromatic N) is 2. The van der Waals surface area contributed by atoms with Crippen LogP contribution in [-0.2, 0) is 11.2 Å². The largest absolute Gasteiger partial charge is 0.361 e. The van der Waals surface area contributed by atoms with Gasteiger partial charge in [0.15, 0.2) is 5.82 Å². The minimum absolute atomic E-state index is 0.323. The summed E-state index contributed by atoms with van der Waals surface area (Å²) in [6.45, 7) is 1.73. The number of hydrogen-bond donors (Lipinski definition) is 2. The molecule has 110 valence electrons. The second-order valence-corrected chi connectivity index (χ2v) is 5.10. The lowest BCUT2D eigenvalue weighted by atomic mass is 9.99. The van der Waals surface area contributed by atoms with Gasteiger partial charge in [-0.2, -0.15) is 5.26 Å². The number of carbonyl (C=O) groups excluding carboxylic acids is 1. The number of aryl methyl sites for hydroxylation is 1. The number of anilines is 1. The highest BCUT2D eigenvalue weighted by Crippen LogP contribution is 2.18. The van der Waals surface area contributed by atoms with Crippen LogP contribution >= 0.6 is 0 Å². The van der Waals surface area contributed by atoms with Crippen molar-refractivity contribution in [3.63, 3.8) is 0 Å². The van der Waals surface area contributed by atoms with Crippen LogP contribution in [0.4, 0.5) is 5.82 Å². The Balaban J connectivity index is 1.73. The third-order valence-electron chi connectivity index (χ3n) is 3.41. The number of benzene rings is 1. The summed E-state index contributed by atoms with van der Waals surface area (Å²) in [5, 5.41) is 16.6. The van der Waals surface area contributed by atoms with Gasteiger partial charge in [-0.1, -0.05) is 11.2 Å². The molecule has 2 N–H and O–H groups in total. The number of hydrogen-bond acceptors (Lipinski definition) is 4. The van der Waals surface area contributed by atoms with Crippen LogP contribution in [0.3, 0.4) is 0 Å². The molecular weight excluding hydrogens is 280 g/mol. The summed E-state index contributed by atoms with van der Waals surface area (Å²) in [4.78, 5) is 15.3. The monoisotopic (exact) mass is 294 g/mol. The van der Waals surface area contributed by atoms with E-state index in [0.29, 0.717) is 18.0 Å². The Hall–Kier alpha value is -3.07. The molecule has 0 aliphatic heterocycles. The maximum Gasteiger partial charge on any atom is 0.243 e. The van der Waals surface area contributed by atoms with E-state index in [1.54, 1.807) is 13.0 Å². The number of aromatic amines is 1. The van der Waals surface area contributed by atoms with E-state index >= 15 is 0 Å². The molecule has 0 aliphatic rings. The highest BCUT2D eigenvalue weighted by atomic mass is 16.5. The topological polar surface area (TPSA) is 94.7 Å². The molecule has 1 atom stereocenters. The van der Waals surface area contributed by atoms with E-state index in [4.69, 9.17) is 4.52 Å². The Labute approximate surface area is 126 Å². The zero-order valence-corrected chi connectivity index (χ0v) is 12.0. The van der Waals surface area contributed by atoms with Crippen molar-refractivity contribution in [2.75, 3.05) is 5.32 Å². The predicted molar refractivity (Wildman–Crippen MR) is 81.0 cm³/mol. The first-order valence-electron chi connectivity index (χ1n) is 6.85. The molecule has 6 nitrogen and oxygen atoms in total. The number of nitrogens with one attached hydrogen (secondary N) is 2. The quantitative estimate of drug-likeness (QED) is 0.773. The normalized spacial score (nSPS) is 12.0. The number of nitriles is 1. The van der Waals surface area contributed by atoms with Crippen molar-refractivity contribution >= 4 is 22.6 Å². The molecule has 0 saturated carbocycles. The fourth-order valence-electron chi connectivity index (χ4n) is 2.30. The molecule has 1 unspecified atom stereocenters. The van der Waals surface area contributed by atoms with Crippen LogP contribution in [0.5, 0.6) is 0 Å². The molecule has 3 rings (SSSR count). The van der Waals surface area contributed by atoms with E-state index in [-0.39, 0.29) is 5.91 Å². The summed E-state index contributed by atoms with van der Waals surface area (Å²) in [5.41, 5.74) is 1.96.